The van der Waals surface area contributed by atoms with Crippen LogP contribution >= 0.6 is 11.6 Å². The number of benzene rings is 3. The third-order valence-corrected chi connectivity index (χ3v) is 6.75. The highest BCUT2D eigenvalue weighted by Gasteiger charge is 2.28. The normalized spacial score (nSPS) is 11.9. The standard InChI is InChI=1S/C22H16ClF2NO3S/c23-21-17-13-19(22(24)25)26(30(27,28)16-9-5-2-6-10-16)18(17)11-12-20(21)29-14-15-7-3-1-4-8-15/h1-13,22H,14H2. The molecule has 0 N–H and O–H groups in total. The second-order valence-corrected chi connectivity index (χ2v) is 8.70. The molecule has 0 amide bonds. The number of rotatable bonds is 6. The molecule has 4 nitrogen and oxygen atoms in total. The minimum Gasteiger partial charge on any atom is -0.487 e. The van der Waals surface area contributed by atoms with Crippen molar-refractivity contribution in [3.05, 3.63) is 95.1 Å². The van der Waals surface area contributed by atoms with Gasteiger partial charge in [0.05, 0.1) is 15.4 Å². The Balaban J connectivity index is 1.82. The van der Waals surface area contributed by atoms with E-state index in [0.29, 0.717) is 3.97 Å². The van der Waals surface area contributed by atoms with Crippen molar-refractivity contribution in [3.8, 4) is 5.75 Å². The zero-order chi connectivity index (χ0) is 21.3. The van der Waals surface area contributed by atoms with Gasteiger partial charge in [0.2, 0.25) is 0 Å². The number of fused-ring (bicyclic) bond motifs is 1. The smallest absolute Gasteiger partial charge is 0.279 e. The Morgan fingerprint density at radius 3 is 2.20 bits per heavy atom. The van der Waals surface area contributed by atoms with Crippen LogP contribution in [0.15, 0.2) is 83.8 Å². The van der Waals surface area contributed by atoms with E-state index in [1.54, 1.807) is 6.07 Å². The maximum absolute atomic E-state index is 13.8. The third-order valence-electron chi connectivity index (χ3n) is 4.61. The molecular formula is C22H16ClF2NO3S. The molecule has 0 saturated carbocycles. The van der Waals surface area contributed by atoms with Gasteiger partial charge in [0, 0.05) is 5.39 Å². The Morgan fingerprint density at radius 2 is 1.57 bits per heavy atom. The van der Waals surface area contributed by atoms with Crippen molar-refractivity contribution >= 4 is 32.5 Å². The van der Waals surface area contributed by atoms with Crippen molar-refractivity contribution in [2.75, 3.05) is 0 Å². The van der Waals surface area contributed by atoms with Crippen LogP contribution in [-0.2, 0) is 16.6 Å². The first-order valence-electron chi connectivity index (χ1n) is 8.99. The summed E-state index contributed by atoms with van der Waals surface area (Å²) in [5.41, 5.74) is 0.313. The lowest BCUT2D eigenvalue weighted by atomic mass is 10.2. The van der Waals surface area contributed by atoms with E-state index in [9.17, 15) is 17.2 Å². The third kappa shape index (κ3) is 3.66. The molecule has 0 aliphatic heterocycles. The molecule has 1 aromatic heterocycles. The summed E-state index contributed by atoms with van der Waals surface area (Å²) in [6.07, 6.45) is -3.01. The van der Waals surface area contributed by atoms with Crippen LogP contribution in [0.25, 0.3) is 10.9 Å². The monoisotopic (exact) mass is 447 g/mol. The summed E-state index contributed by atoms with van der Waals surface area (Å²) in [5.74, 6) is 0.281. The van der Waals surface area contributed by atoms with E-state index < -0.39 is 22.1 Å². The molecule has 4 rings (SSSR count). The Hall–Kier alpha value is -2.90. The van der Waals surface area contributed by atoms with E-state index in [1.807, 2.05) is 30.3 Å². The number of alkyl halides is 2. The second-order valence-electron chi connectivity index (χ2n) is 6.54. The topological polar surface area (TPSA) is 48.3 Å². The largest absolute Gasteiger partial charge is 0.487 e. The second kappa shape index (κ2) is 8.08. The summed E-state index contributed by atoms with van der Waals surface area (Å²) >= 11 is 6.42. The predicted molar refractivity (Wildman–Crippen MR) is 112 cm³/mol. The van der Waals surface area contributed by atoms with E-state index in [2.05, 4.69) is 0 Å². The molecule has 0 fully saturated rings. The van der Waals surface area contributed by atoms with Gasteiger partial charge >= 0.3 is 0 Å². The van der Waals surface area contributed by atoms with Gasteiger partial charge in [0.25, 0.3) is 16.4 Å². The quantitative estimate of drug-likeness (QED) is 0.361. The van der Waals surface area contributed by atoms with Gasteiger partial charge in [0.15, 0.2) is 0 Å². The summed E-state index contributed by atoms with van der Waals surface area (Å²) in [6, 6.07) is 20.8. The number of halogens is 3. The summed E-state index contributed by atoms with van der Waals surface area (Å²) < 4.78 is 60.1. The molecular weight excluding hydrogens is 432 g/mol. The molecule has 0 unspecified atom stereocenters. The summed E-state index contributed by atoms with van der Waals surface area (Å²) in [4.78, 5) is -0.0927. The van der Waals surface area contributed by atoms with E-state index in [4.69, 9.17) is 16.3 Å². The zero-order valence-electron chi connectivity index (χ0n) is 15.5. The highest BCUT2D eigenvalue weighted by molar-refractivity contribution is 7.90. The molecule has 0 bridgehead atoms. The van der Waals surface area contributed by atoms with Crippen molar-refractivity contribution < 1.29 is 21.9 Å². The molecule has 1 heterocycles. The number of hydrogen-bond donors (Lipinski definition) is 0. The molecule has 0 spiro atoms. The first kappa shape index (κ1) is 20.4. The predicted octanol–water partition coefficient (Wildman–Crippen LogP) is 6.05. The molecule has 0 aliphatic carbocycles. The minimum absolute atomic E-state index is 0.0613. The van der Waals surface area contributed by atoms with Gasteiger partial charge in [-0.2, -0.15) is 0 Å². The van der Waals surface area contributed by atoms with Gasteiger partial charge in [-0.3, -0.25) is 0 Å². The molecule has 8 heteroatoms. The average molecular weight is 448 g/mol. The Morgan fingerprint density at radius 1 is 0.933 bits per heavy atom. The molecule has 4 aromatic rings. The van der Waals surface area contributed by atoms with Gasteiger partial charge in [-0.1, -0.05) is 60.1 Å². The van der Waals surface area contributed by atoms with Crippen LogP contribution in [0.4, 0.5) is 8.78 Å². The number of ether oxygens (including phenoxy) is 1. The van der Waals surface area contributed by atoms with Crippen LogP contribution in [0.1, 0.15) is 17.7 Å². The number of nitrogens with zero attached hydrogens (tertiary/aromatic N) is 1. The van der Waals surface area contributed by atoms with Crippen LogP contribution in [0.2, 0.25) is 5.02 Å². The lowest BCUT2D eigenvalue weighted by Gasteiger charge is -2.12. The Kier molecular flexibility index (Phi) is 5.49. The maximum atomic E-state index is 13.8. The van der Waals surface area contributed by atoms with Crippen molar-refractivity contribution in [2.45, 2.75) is 17.9 Å². The minimum atomic E-state index is -4.25. The Bertz CT molecular complexity index is 1290. The Labute approximate surface area is 177 Å². The van der Waals surface area contributed by atoms with Gasteiger partial charge in [-0.15, -0.1) is 0 Å². The van der Waals surface area contributed by atoms with E-state index in [0.717, 1.165) is 11.6 Å². The van der Waals surface area contributed by atoms with Crippen LogP contribution < -0.4 is 4.74 Å². The zero-order valence-corrected chi connectivity index (χ0v) is 17.1. The van der Waals surface area contributed by atoms with Crippen molar-refractivity contribution in [3.63, 3.8) is 0 Å². The molecule has 0 radical (unpaired) electrons. The highest BCUT2D eigenvalue weighted by atomic mass is 35.5. The maximum Gasteiger partial charge on any atom is 0.279 e. The summed E-state index contributed by atoms with van der Waals surface area (Å²) in [5, 5.41) is 0.254. The lowest BCUT2D eigenvalue weighted by molar-refractivity contribution is 0.145. The van der Waals surface area contributed by atoms with Gasteiger partial charge in [-0.25, -0.2) is 21.2 Å². The fourth-order valence-corrected chi connectivity index (χ4v) is 5.00. The fraction of sp³-hybridized carbons (Fsp3) is 0.0909. The average Bonchev–Trinajstić information content (AvgIpc) is 3.16. The number of hydrogen-bond acceptors (Lipinski definition) is 3. The van der Waals surface area contributed by atoms with E-state index in [-0.39, 0.29) is 33.2 Å². The van der Waals surface area contributed by atoms with Gasteiger partial charge < -0.3 is 4.74 Å². The van der Waals surface area contributed by atoms with Crippen LogP contribution in [0.5, 0.6) is 5.75 Å². The van der Waals surface area contributed by atoms with Crippen molar-refractivity contribution in [2.24, 2.45) is 0 Å². The number of aromatic nitrogens is 1. The van der Waals surface area contributed by atoms with Crippen LogP contribution in [0.3, 0.4) is 0 Å². The molecule has 0 saturated heterocycles. The molecule has 30 heavy (non-hydrogen) atoms. The van der Waals surface area contributed by atoms with Crippen LogP contribution in [-0.4, -0.2) is 12.4 Å². The fourth-order valence-electron chi connectivity index (χ4n) is 3.19. The summed E-state index contributed by atoms with van der Waals surface area (Å²) in [6.45, 7) is 0.233. The van der Waals surface area contributed by atoms with Crippen molar-refractivity contribution in [1.82, 2.24) is 3.97 Å². The molecule has 0 aliphatic rings. The SMILES string of the molecule is O=S(=O)(c1ccccc1)n1c(C(F)F)cc2c(Cl)c(OCc3ccccc3)ccc21. The first-order valence-corrected chi connectivity index (χ1v) is 10.8. The summed E-state index contributed by atoms with van der Waals surface area (Å²) in [7, 11) is -4.25. The highest BCUT2D eigenvalue weighted by Crippen LogP contribution is 2.39. The first-order chi connectivity index (χ1) is 14.4. The molecule has 0 atom stereocenters. The van der Waals surface area contributed by atoms with Gasteiger partial charge in [0.1, 0.15) is 18.1 Å². The van der Waals surface area contributed by atoms with Crippen LogP contribution in [0, 0.1) is 0 Å². The van der Waals surface area contributed by atoms with E-state index >= 15 is 0 Å². The molecule has 154 valence electrons. The lowest BCUT2D eigenvalue weighted by Crippen LogP contribution is -2.15. The van der Waals surface area contributed by atoms with Gasteiger partial charge in [-0.05, 0) is 35.9 Å². The molecule has 3 aromatic carbocycles. The van der Waals surface area contributed by atoms with Crippen molar-refractivity contribution in [1.29, 1.82) is 0 Å². The van der Waals surface area contributed by atoms with E-state index in [1.165, 1.54) is 36.4 Å².